The van der Waals surface area contributed by atoms with Crippen LogP contribution in [0.25, 0.3) is 0 Å². The predicted octanol–water partition coefficient (Wildman–Crippen LogP) is 3.93. The van der Waals surface area contributed by atoms with Crippen LogP contribution in [0.4, 0.5) is 4.39 Å². The SMILES string of the molecule is CCCNC(C1=CCCO1)c1c(F)cccc1Br. The summed E-state index contributed by atoms with van der Waals surface area (Å²) in [7, 11) is 0. The maximum absolute atomic E-state index is 14.0. The van der Waals surface area contributed by atoms with Crippen molar-refractivity contribution in [1.82, 2.24) is 5.32 Å². The van der Waals surface area contributed by atoms with Crippen LogP contribution in [0.3, 0.4) is 0 Å². The van der Waals surface area contributed by atoms with Gasteiger partial charge in [-0.2, -0.15) is 0 Å². The molecular formula is C14H17BrFNO. The van der Waals surface area contributed by atoms with Crippen LogP contribution in [0.5, 0.6) is 0 Å². The Kier molecular flexibility index (Phi) is 4.78. The first-order chi connectivity index (χ1) is 8.74. The molecule has 1 aromatic carbocycles. The van der Waals surface area contributed by atoms with Crippen molar-refractivity contribution in [3.8, 4) is 0 Å². The van der Waals surface area contributed by atoms with Crippen molar-refractivity contribution in [2.75, 3.05) is 13.2 Å². The molecule has 0 fully saturated rings. The zero-order chi connectivity index (χ0) is 13.0. The van der Waals surface area contributed by atoms with Crippen LogP contribution in [0.1, 0.15) is 31.4 Å². The largest absolute Gasteiger partial charge is 0.496 e. The van der Waals surface area contributed by atoms with Crippen molar-refractivity contribution in [3.05, 3.63) is 45.9 Å². The van der Waals surface area contributed by atoms with Crippen molar-refractivity contribution >= 4 is 15.9 Å². The number of nitrogens with one attached hydrogen (secondary N) is 1. The van der Waals surface area contributed by atoms with Gasteiger partial charge in [-0.1, -0.05) is 28.9 Å². The lowest BCUT2D eigenvalue weighted by atomic mass is 10.0. The highest BCUT2D eigenvalue weighted by molar-refractivity contribution is 9.10. The van der Waals surface area contributed by atoms with Gasteiger partial charge < -0.3 is 10.1 Å². The minimum Gasteiger partial charge on any atom is -0.496 e. The highest BCUT2D eigenvalue weighted by atomic mass is 79.9. The summed E-state index contributed by atoms with van der Waals surface area (Å²) in [5.41, 5.74) is 0.624. The zero-order valence-corrected chi connectivity index (χ0v) is 12.0. The van der Waals surface area contributed by atoms with Crippen molar-refractivity contribution in [3.63, 3.8) is 0 Å². The fourth-order valence-electron chi connectivity index (χ4n) is 2.06. The second-order valence-electron chi connectivity index (χ2n) is 4.27. The summed E-state index contributed by atoms with van der Waals surface area (Å²) in [4.78, 5) is 0. The lowest BCUT2D eigenvalue weighted by Crippen LogP contribution is -2.25. The quantitative estimate of drug-likeness (QED) is 0.889. The van der Waals surface area contributed by atoms with Gasteiger partial charge in [-0.25, -0.2) is 4.39 Å². The molecule has 1 heterocycles. The van der Waals surface area contributed by atoms with Gasteiger partial charge in [0, 0.05) is 16.5 Å². The highest BCUT2D eigenvalue weighted by Crippen LogP contribution is 2.33. The van der Waals surface area contributed by atoms with E-state index >= 15 is 0 Å². The van der Waals surface area contributed by atoms with Crippen LogP contribution in [0.2, 0.25) is 0 Å². The van der Waals surface area contributed by atoms with E-state index in [1.54, 1.807) is 6.07 Å². The van der Waals surface area contributed by atoms with Gasteiger partial charge in [-0.3, -0.25) is 0 Å². The molecule has 2 nitrogen and oxygen atoms in total. The van der Waals surface area contributed by atoms with Gasteiger partial charge in [0.15, 0.2) is 0 Å². The number of hydrogen-bond acceptors (Lipinski definition) is 2. The number of ether oxygens (including phenoxy) is 1. The third-order valence-corrected chi connectivity index (χ3v) is 3.59. The van der Waals surface area contributed by atoms with E-state index in [2.05, 4.69) is 28.2 Å². The molecule has 1 unspecified atom stereocenters. The molecule has 1 atom stereocenters. The molecule has 0 spiro atoms. The Balaban J connectivity index is 2.33. The molecule has 0 amide bonds. The first-order valence-corrected chi connectivity index (χ1v) is 7.03. The van der Waals surface area contributed by atoms with E-state index in [4.69, 9.17) is 4.74 Å². The summed E-state index contributed by atoms with van der Waals surface area (Å²) in [6.45, 7) is 3.60. The minimum atomic E-state index is -0.214. The van der Waals surface area contributed by atoms with Gasteiger partial charge in [0.2, 0.25) is 0 Å². The van der Waals surface area contributed by atoms with Crippen LogP contribution in [-0.4, -0.2) is 13.2 Å². The molecule has 2 rings (SSSR count). The Morgan fingerprint density at radius 3 is 2.94 bits per heavy atom. The smallest absolute Gasteiger partial charge is 0.129 e. The van der Waals surface area contributed by atoms with Gasteiger partial charge in [-0.15, -0.1) is 0 Å². The Labute approximate surface area is 115 Å². The molecule has 1 aliphatic rings. The van der Waals surface area contributed by atoms with E-state index < -0.39 is 0 Å². The van der Waals surface area contributed by atoms with E-state index in [0.29, 0.717) is 12.2 Å². The van der Waals surface area contributed by atoms with Gasteiger partial charge in [-0.05, 0) is 31.2 Å². The molecule has 0 bridgehead atoms. The van der Waals surface area contributed by atoms with E-state index in [-0.39, 0.29) is 11.9 Å². The van der Waals surface area contributed by atoms with Crippen molar-refractivity contribution in [1.29, 1.82) is 0 Å². The second kappa shape index (κ2) is 6.34. The fraction of sp³-hybridized carbons (Fsp3) is 0.429. The van der Waals surface area contributed by atoms with Gasteiger partial charge in [0.05, 0.1) is 12.6 Å². The lowest BCUT2D eigenvalue weighted by molar-refractivity contribution is 0.214. The third kappa shape index (κ3) is 2.93. The normalized spacial score (nSPS) is 16.3. The Morgan fingerprint density at radius 1 is 1.50 bits per heavy atom. The highest BCUT2D eigenvalue weighted by Gasteiger charge is 2.25. The van der Waals surface area contributed by atoms with Crippen molar-refractivity contribution in [2.45, 2.75) is 25.8 Å². The Hall–Kier alpha value is -0.870. The number of rotatable bonds is 5. The topological polar surface area (TPSA) is 21.3 Å². The molecule has 0 aliphatic carbocycles. The molecule has 18 heavy (non-hydrogen) atoms. The number of benzene rings is 1. The molecule has 0 saturated heterocycles. The lowest BCUT2D eigenvalue weighted by Gasteiger charge is -2.21. The van der Waals surface area contributed by atoms with Crippen molar-refractivity contribution in [2.24, 2.45) is 0 Å². The molecule has 1 aliphatic heterocycles. The van der Waals surface area contributed by atoms with Crippen LogP contribution < -0.4 is 5.32 Å². The summed E-state index contributed by atoms with van der Waals surface area (Å²) >= 11 is 3.42. The van der Waals surface area contributed by atoms with E-state index in [1.807, 2.05) is 12.1 Å². The maximum Gasteiger partial charge on any atom is 0.129 e. The van der Waals surface area contributed by atoms with E-state index in [0.717, 1.165) is 29.6 Å². The minimum absolute atomic E-state index is 0.206. The van der Waals surface area contributed by atoms with Crippen LogP contribution in [0, 0.1) is 5.82 Å². The average Bonchev–Trinajstić information content (AvgIpc) is 2.86. The number of hydrogen-bond donors (Lipinski definition) is 1. The Morgan fingerprint density at radius 2 is 2.33 bits per heavy atom. The zero-order valence-electron chi connectivity index (χ0n) is 10.4. The molecule has 1 aromatic rings. The second-order valence-corrected chi connectivity index (χ2v) is 5.12. The monoisotopic (exact) mass is 313 g/mol. The van der Waals surface area contributed by atoms with E-state index in [9.17, 15) is 4.39 Å². The van der Waals surface area contributed by atoms with Crippen molar-refractivity contribution < 1.29 is 9.13 Å². The predicted molar refractivity (Wildman–Crippen MR) is 73.8 cm³/mol. The molecule has 98 valence electrons. The Bertz CT molecular complexity index is 427. The molecule has 4 heteroatoms. The molecular weight excluding hydrogens is 297 g/mol. The third-order valence-electron chi connectivity index (χ3n) is 2.90. The molecule has 0 saturated carbocycles. The van der Waals surface area contributed by atoms with Gasteiger partial charge in [0.25, 0.3) is 0 Å². The molecule has 1 N–H and O–H groups in total. The first-order valence-electron chi connectivity index (χ1n) is 6.24. The summed E-state index contributed by atoms with van der Waals surface area (Å²) in [5, 5.41) is 3.35. The summed E-state index contributed by atoms with van der Waals surface area (Å²) < 4.78 is 20.4. The van der Waals surface area contributed by atoms with Gasteiger partial charge in [0.1, 0.15) is 11.6 Å². The summed E-state index contributed by atoms with van der Waals surface area (Å²) in [6.07, 6.45) is 3.92. The summed E-state index contributed by atoms with van der Waals surface area (Å²) in [6, 6.07) is 4.83. The fourth-order valence-corrected chi connectivity index (χ4v) is 2.63. The van der Waals surface area contributed by atoms with Crippen LogP contribution in [0.15, 0.2) is 34.5 Å². The molecule has 0 radical (unpaired) electrons. The van der Waals surface area contributed by atoms with E-state index in [1.165, 1.54) is 6.07 Å². The molecule has 0 aromatic heterocycles. The first kappa shape index (κ1) is 13.6. The standard InChI is InChI=1S/C14H17BrFNO/c1-2-8-17-14(12-7-4-9-18-12)13-10(15)5-3-6-11(13)16/h3,5-7,14,17H,2,4,8-9H2,1H3. The number of halogens is 2. The van der Waals surface area contributed by atoms with Crippen LogP contribution >= 0.6 is 15.9 Å². The van der Waals surface area contributed by atoms with Crippen LogP contribution in [-0.2, 0) is 4.74 Å². The average molecular weight is 314 g/mol. The van der Waals surface area contributed by atoms with Gasteiger partial charge >= 0.3 is 0 Å². The summed E-state index contributed by atoms with van der Waals surface area (Å²) in [5.74, 6) is 0.614. The maximum atomic E-state index is 14.0.